The van der Waals surface area contributed by atoms with Crippen LogP contribution in [0.4, 0.5) is 0 Å². The molecular formula is C23H22BrI2N3O4. The van der Waals surface area contributed by atoms with Crippen molar-refractivity contribution in [2.24, 2.45) is 5.10 Å². The molecule has 0 aliphatic rings. The fourth-order valence-electron chi connectivity index (χ4n) is 3.02. The number of aromatic nitrogens is 2. The van der Waals surface area contributed by atoms with E-state index in [0.29, 0.717) is 22.5 Å². The van der Waals surface area contributed by atoms with E-state index in [9.17, 15) is 9.59 Å². The first-order valence-corrected chi connectivity index (χ1v) is 12.9. The van der Waals surface area contributed by atoms with Crippen LogP contribution in [0.1, 0.15) is 39.1 Å². The Balaban J connectivity index is 2.06. The number of hydrogen-bond donors (Lipinski definition) is 0. The van der Waals surface area contributed by atoms with E-state index in [2.05, 4.69) is 66.2 Å². The maximum absolute atomic E-state index is 13.3. The van der Waals surface area contributed by atoms with Gasteiger partial charge in [0.2, 0.25) is 0 Å². The molecule has 0 radical (unpaired) electrons. The Morgan fingerprint density at radius 1 is 1.21 bits per heavy atom. The van der Waals surface area contributed by atoms with E-state index in [-0.39, 0.29) is 5.56 Å². The average molecular weight is 738 g/mol. The number of carbonyl (C=O) groups is 1. The summed E-state index contributed by atoms with van der Waals surface area (Å²) in [5.74, 6) is 0.711. The smallest absolute Gasteiger partial charge is 0.346 e. The number of halogens is 3. The average Bonchev–Trinajstić information content (AvgIpc) is 2.74. The molecule has 2 aromatic carbocycles. The van der Waals surface area contributed by atoms with Gasteiger partial charge in [-0.05, 0) is 88.0 Å². The van der Waals surface area contributed by atoms with E-state index in [1.165, 1.54) is 11.8 Å². The van der Waals surface area contributed by atoms with Gasteiger partial charge in [0.1, 0.15) is 11.6 Å². The largest absolute Gasteiger partial charge is 0.477 e. The molecule has 0 saturated heterocycles. The third-order valence-electron chi connectivity index (χ3n) is 4.65. The highest BCUT2D eigenvalue weighted by molar-refractivity contribution is 14.1. The first-order valence-electron chi connectivity index (χ1n) is 9.93. The van der Waals surface area contributed by atoms with Crippen LogP contribution in [0.2, 0.25) is 0 Å². The molecule has 0 saturated carbocycles. The Morgan fingerprint density at radius 2 is 1.85 bits per heavy atom. The lowest BCUT2D eigenvalue weighted by molar-refractivity contribution is -0.147. The molecule has 1 aromatic heterocycles. The summed E-state index contributed by atoms with van der Waals surface area (Å²) in [6.07, 6.45) is 0.896. The fraction of sp³-hybridized carbons (Fsp3) is 0.304. The summed E-state index contributed by atoms with van der Waals surface area (Å²) in [4.78, 5) is 29.7. The Bertz CT molecular complexity index is 1290. The van der Waals surface area contributed by atoms with Crippen LogP contribution >= 0.6 is 61.1 Å². The molecule has 3 aromatic rings. The lowest BCUT2D eigenvalue weighted by atomic mass is 9.95. The zero-order chi connectivity index (χ0) is 24.5. The van der Waals surface area contributed by atoms with Gasteiger partial charge in [-0.3, -0.25) is 4.79 Å². The SMILES string of the molecule is COC(=O)[C@H](C)Oc1c(I)cc(C=Nn2c(C(C)(C)C)nc3ccc(Br)cc3c2=O)cc1I. The number of hydrogen-bond acceptors (Lipinski definition) is 6. The Morgan fingerprint density at radius 3 is 2.42 bits per heavy atom. The number of methoxy groups -OCH3 is 1. The number of rotatable bonds is 5. The lowest BCUT2D eigenvalue weighted by Crippen LogP contribution is -2.29. The fourth-order valence-corrected chi connectivity index (χ4v) is 5.45. The molecule has 0 spiro atoms. The quantitative estimate of drug-likeness (QED) is 0.197. The van der Waals surface area contributed by atoms with Crippen LogP contribution in [0.3, 0.4) is 0 Å². The Labute approximate surface area is 227 Å². The van der Waals surface area contributed by atoms with Gasteiger partial charge in [0.15, 0.2) is 6.10 Å². The summed E-state index contributed by atoms with van der Waals surface area (Å²) in [6, 6.07) is 9.19. The van der Waals surface area contributed by atoms with Gasteiger partial charge in [0.05, 0.1) is 31.4 Å². The number of nitrogens with zero attached hydrogens (tertiary/aromatic N) is 3. The van der Waals surface area contributed by atoms with Crippen molar-refractivity contribution in [2.45, 2.75) is 39.2 Å². The predicted octanol–water partition coefficient (Wildman–Crippen LogP) is 5.49. The van der Waals surface area contributed by atoms with Crippen LogP contribution in [0.25, 0.3) is 10.9 Å². The van der Waals surface area contributed by atoms with Gasteiger partial charge in [-0.15, -0.1) is 0 Å². The van der Waals surface area contributed by atoms with Crippen molar-refractivity contribution in [2.75, 3.05) is 7.11 Å². The number of ether oxygens (including phenoxy) is 2. The van der Waals surface area contributed by atoms with Gasteiger partial charge < -0.3 is 9.47 Å². The van der Waals surface area contributed by atoms with Gasteiger partial charge in [-0.1, -0.05) is 36.7 Å². The van der Waals surface area contributed by atoms with Crippen LogP contribution in [0.15, 0.2) is 44.7 Å². The monoisotopic (exact) mass is 737 g/mol. The van der Waals surface area contributed by atoms with Crippen molar-refractivity contribution in [3.05, 3.63) is 63.7 Å². The molecule has 0 N–H and O–H groups in total. The molecule has 1 heterocycles. The van der Waals surface area contributed by atoms with E-state index >= 15 is 0 Å². The van der Waals surface area contributed by atoms with Crippen molar-refractivity contribution in [3.8, 4) is 5.75 Å². The molecule has 0 aliphatic heterocycles. The van der Waals surface area contributed by atoms with E-state index < -0.39 is 17.5 Å². The van der Waals surface area contributed by atoms with Gasteiger partial charge in [0.25, 0.3) is 5.56 Å². The number of carbonyl (C=O) groups excluding carboxylic acids is 1. The van der Waals surface area contributed by atoms with Gasteiger partial charge in [-0.25, -0.2) is 9.78 Å². The minimum atomic E-state index is -0.729. The molecule has 10 heteroatoms. The topological polar surface area (TPSA) is 82.8 Å². The first-order chi connectivity index (χ1) is 15.4. The molecule has 0 unspecified atom stereocenters. The number of esters is 1. The second-order valence-electron chi connectivity index (χ2n) is 8.31. The summed E-state index contributed by atoms with van der Waals surface area (Å²) >= 11 is 7.71. The van der Waals surface area contributed by atoms with Crippen molar-refractivity contribution >= 4 is 84.2 Å². The Kier molecular flexibility index (Phi) is 8.20. The predicted molar refractivity (Wildman–Crippen MR) is 149 cm³/mol. The number of benzene rings is 2. The highest BCUT2D eigenvalue weighted by Gasteiger charge is 2.23. The molecule has 0 fully saturated rings. The van der Waals surface area contributed by atoms with Crippen molar-refractivity contribution in [1.82, 2.24) is 9.66 Å². The molecule has 7 nitrogen and oxygen atoms in total. The Hall–Kier alpha value is -1.54. The summed E-state index contributed by atoms with van der Waals surface area (Å²) < 4.78 is 14.3. The van der Waals surface area contributed by atoms with Crippen molar-refractivity contribution in [3.63, 3.8) is 0 Å². The zero-order valence-electron chi connectivity index (χ0n) is 18.6. The van der Waals surface area contributed by atoms with E-state index in [0.717, 1.165) is 17.2 Å². The van der Waals surface area contributed by atoms with Crippen molar-refractivity contribution in [1.29, 1.82) is 0 Å². The minimum Gasteiger partial charge on any atom is -0.477 e. The zero-order valence-corrected chi connectivity index (χ0v) is 24.6. The second kappa shape index (κ2) is 10.4. The summed E-state index contributed by atoms with van der Waals surface area (Å²) in [6.45, 7) is 7.61. The molecule has 0 bridgehead atoms. The van der Waals surface area contributed by atoms with Gasteiger partial charge >= 0.3 is 5.97 Å². The highest BCUT2D eigenvalue weighted by atomic mass is 127. The molecule has 33 heavy (non-hydrogen) atoms. The molecule has 0 amide bonds. The maximum atomic E-state index is 13.3. The third kappa shape index (κ3) is 5.94. The lowest BCUT2D eigenvalue weighted by Gasteiger charge is -2.21. The van der Waals surface area contributed by atoms with Crippen LogP contribution < -0.4 is 10.3 Å². The summed E-state index contributed by atoms with van der Waals surface area (Å²) in [5.41, 5.74) is 0.772. The van der Waals surface area contributed by atoms with Crippen LogP contribution in [-0.4, -0.2) is 35.1 Å². The number of fused-ring (bicyclic) bond motifs is 1. The van der Waals surface area contributed by atoms with E-state index in [1.807, 2.05) is 45.0 Å². The van der Waals surface area contributed by atoms with E-state index in [4.69, 9.17) is 14.5 Å². The van der Waals surface area contributed by atoms with Crippen molar-refractivity contribution < 1.29 is 14.3 Å². The van der Waals surface area contributed by atoms with Crippen LogP contribution in [-0.2, 0) is 14.9 Å². The third-order valence-corrected chi connectivity index (χ3v) is 6.75. The summed E-state index contributed by atoms with van der Waals surface area (Å²) in [7, 11) is 1.33. The van der Waals surface area contributed by atoms with E-state index in [1.54, 1.807) is 19.2 Å². The van der Waals surface area contributed by atoms with Gasteiger partial charge in [0, 0.05) is 9.89 Å². The molecule has 1 atom stereocenters. The molecule has 174 valence electrons. The van der Waals surface area contributed by atoms with Crippen LogP contribution in [0.5, 0.6) is 5.75 Å². The van der Waals surface area contributed by atoms with Gasteiger partial charge in [-0.2, -0.15) is 9.78 Å². The first kappa shape index (κ1) is 26.1. The molecular weight excluding hydrogens is 716 g/mol. The highest BCUT2D eigenvalue weighted by Crippen LogP contribution is 2.30. The molecule has 0 aliphatic carbocycles. The molecule has 3 rings (SSSR count). The summed E-state index contributed by atoms with van der Waals surface area (Å²) in [5, 5.41) is 5.00. The minimum absolute atomic E-state index is 0.237. The standard InChI is InChI=1S/C23H22BrI2N3O4/c1-12(21(31)32-5)33-19-16(25)8-13(9-17(19)26)11-27-29-20(30)15-10-14(24)6-7-18(15)28-22(29)23(2,3)4/h6-12H,1-5H3/t12-/m0/s1. The second-order valence-corrected chi connectivity index (χ2v) is 11.5. The van der Waals surface area contributed by atoms with Crippen LogP contribution in [0, 0.1) is 7.14 Å². The maximum Gasteiger partial charge on any atom is 0.346 e. The normalized spacial score (nSPS) is 12.8.